The van der Waals surface area contributed by atoms with Crippen LogP contribution in [0.25, 0.3) is 10.8 Å². The Morgan fingerprint density at radius 3 is 2.50 bits per heavy atom. The number of benzene rings is 2. The van der Waals surface area contributed by atoms with Crippen molar-refractivity contribution in [2.24, 2.45) is 11.7 Å². The van der Waals surface area contributed by atoms with E-state index in [0.29, 0.717) is 22.9 Å². The highest BCUT2D eigenvalue weighted by molar-refractivity contribution is 6.04. The maximum atomic E-state index is 12.8. The van der Waals surface area contributed by atoms with Crippen molar-refractivity contribution in [3.8, 4) is 0 Å². The van der Waals surface area contributed by atoms with Crippen LogP contribution in [0.4, 0.5) is 0 Å². The van der Waals surface area contributed by atoms with Crippen molar-refractivity contribution in [3.63, 3.8) is 0 Å². The molecule has 1 heterocycles. The third-order valence-corrected chi connectivity index (χ3v) is 4.29. The van der Waals surface area contributed by atoms with Crippen molar-refractivity contribution in [2.45, 2.75) is 26.9 Å². The van der Waals surface area contributed by atoms with Gasteiger partial charge in [0, 0.05) is 24.0 Å². The molecule has 2 amide bonds. The first-order chi connectivity index (χ1) is 13.4. The first-order valence-corrected chi connectivity index (χ1v) is 9.03. The van der Waals surface area contributed by atoms with Gasteiger partial charge in [0.05, 0.1) is 5.39 Å². The smallest absolute Gasteiger partial charge is 0.274 e. The van der Waals surface area contributed by atoms with Gasteiger partial charge in [-0.1, -0.05) is 44.2 Å². The van der Waals surface area contributed by atoms with Crippen molar-refractivity contribution in [1.29, 1.82) is 0 Å². The maximum absolute atomic E-state index is 12.8. The molecule has 3 aromatic rings. The van der Waals surface area contributed by atoms with Crippen LogP contribution in [-0.4, -0.2) is 21.6 Å². The highest BCUT2D eigenvalue weighted by atomic mass is 16.2. The summed E-state index contributed by atoms with van der Waals surface area (Å²) in [5.74, 6) is -0.710. The third kappa shape index (κ3) is 4.09. The topological polar surface area (TPSA) is 107 Å². The van der Waals surface area contributed by atoms with Gasteiger partial charge in [0.2, 0.25) is 5.91 Å². The molecule has 0 fully saturated rings. The number of nitrogens with two attached hydrogens (primary N) is 1. The second-order valence-electron chi connectivity index (χ2n) is 7.02. The highest BCUT2D eigenvalue weighted by Gasteiger charge is 2.17. The molecule has 1 aromatic heterocycles. The van der Waals surface area contributed by atoms with Gasteiger partial charge in [-0.25, -0.2) is 4.68 Å². The fourth-order valence-corrected chi connectivity index (χ4v) is 2.97. The molecule has 144 valence electrons. The van der Waals surface area contributed by atoms with Crippen LogP contribution in [0.2, 0.25) is 0 Å². The molecule has 28 heavy (non-hydrogen) atoms. The number of fused-ring (bicyclic) bond motifs is 1. The number of hydrogen-bond acceptors (Lipinski definition) is 4. The monoisotopic (exact) mass is 378 g/mol. The zero-order valence-electron chi connectivity index (χ0n) is 15.8. The van der Waals surface area contributed by atoms with Gasteiger partial charge in [0.25, 0.3) is 11.5 Å². The minimum absolute atomic E-state index is 0.196. The average Bonchev–Trinajstić information content (AvgIpc) is 2.68. The van der Waals surface area contributed by atoms with E-state index in [1.165, 1.54) is 4.68 Å². The summed E-state index contributed by atoms with van der Waals surface area (Å²) in [4.78, 5) is 36.8. The summed E-state index contributed by atoms with van der Waals surface area (Å²) >= 11 is 0. The van der Waals surface area contributed by atoms with Gasteiger partial charge in [0.15, 0.2) is 5.69 Å². The number of hydrogen-bond donors (Lipinski definition) is 2. The Hall–Kier alpha value is -3.48. The van der Waals surface area contributed by atoms with Crippen molar-refractivity contribution in [2.75, 3.05) is 0 Å². The fraction of sp³-hybridized carbons (Fsp3) is 0.238. The van der Waals surface area contributed by atoms with Gasteiger partial charge in [-0.3, -0.25) is 14.4 Å². The molecule has 7 heteroatoms. The van der Waals surface area contributed by atoms with Crippen LogP contribution in [0.3, 0.4) is 0 Å². The van der Waals surface area contributed by atoms with Crippen molar-refractivity contribution in [1.82, 2.24) is 15.1 Å². The van der Waals surface area contributed by atoms with E-state index in [1.807, 2.05) is 13.8 Å². The summed E-state index contributed by atoms with van der Waals surface area (Å²) in [6, 6.07) is 13.7. The number of nitrogens with zero attached hydrogens (tertiary/aromatic N) is 2. The second kappa shape index (κ2) is 8.04. The zero-order valence-corrected chi connectivity index (χ0v) is 15.8. The van der Waals surface area contributed by atoms with Gasteiger partial charge in [-0.05, 0) is 29.7 Å². The van der Waals surface area contributed by atoms with Crippen LogP contribution in [0.5, 0.6) is 0 Å². The van der Waals surface area contributed by atoms with Crippen molar-refractivity contribution >= 4 is 22.6 Å². The Morgan fingerprint density at radius 1 is 1.11 bits per heavy atom. The molecule has 3 rings (SSSR count). The number of carbonyl (C=O) groups excluding carboxylic acids is 2. The molecule has 0 spiro atoms. The lowest BCUT2D eigenvalue weighted by Gasteiger charge is -2.13. The quantitative estimate of drug-likeness (QED) is 0.685. The maximum Gasteiger partial charge on any atom is 0.274 e. The van der Waals surface area contributed by atoms with E-state index in [-0.39, 0.29) is 23.7 Å². The molecular weight excluding hydrogens is 356 g/mol. The van der Waals surface area contributed by atoms with E-state index in [0.717, 1.165) is 5.56 Å². The standard InChI is InChI=1S/C21H22N4O3/c1-13(2)12-25-21(28)17-9-4-3-8-16(17)18(24-25)20(27)23-11-14-6-5-7-15(10-14)19(22)26/h3-10,13H,11-12H2,1-2H3,(H2,22,26)(H,23,27). The zero-order chi connectivity index (χ0) is 20.3. The summed E-state index contributed by atoms with van der Waals surface area (Å²) in [5.41, 5.74) is 6.39. The molecule has 0 aliphatic rings. The molecule has 0 bridgehead atoms. The fourth-order valence-electron chi connectivity index (χ4n) is 2.97. The molecule has 0 aliphatic carbocycles. The molecule has 0 unspecified atom stereocenters. The highest BCUT2D eigenvalue weighted by Crippen LogP contribution is 2.14. The first-order valence-electron chi connectivity index (χ1n) is 9.03. The lowest BCUT2D eigenvalue weighted by molar-refractivity contribution is 0.0944. The SMILES string of the molecule is CC(C)Cn1nc(C(=O)NCc2cccc(C(N)=O)c2)c2ccccc2c1=O. The van der Waals surface area contributed by atoms with E-state index in [1.54, 1.807) is 48.5 Å². The van der Waals surface area contributed by atoms with Crippen LogP contribution in [0, 0.1) is 5.92 Å². The van der Waals surface area contributed by atoms with E-state index < -0.39 is 11.8 Å². The molecule has 3 N–H and O–H groups in total. The van der Waals surface area contributed by atoms with Gasteiger partial charge in [-0.15, -0.1) is 0 Å². The number of amides is 2. The summed E-state index contributed by atoms with van der Waals surface area (Å²) in [6.07, 6.45) is 0. The van der Waals surface area contributed by atoms with Crippen LogP contribution >= 0.6 is 0 Å². The Morgan fingerprint density at radius 2 is 1.82 bits per heavy atom. The molecule has 0 atom stereocenters. The molecule has 0 saturated carbocycles. The Balaban J connectivity index is 1.93. The third-order valence-electron chi connectivity index (χ3n) is 4.29. The van der Waals surface area contributed by atoms with Crippen molar-refractivity contribution < 1.29 is 9.59 Å². The normalized spacial score (nSPS) is 11.0. The molecule has 7 nitrogen and oxygen atoms in total. The molecule has 0 radical (unpaired) electrons. The van der Waals surface area contributed by atoms with Crippen LogP contribution in [0.1, 0.15) is 40.3 Å². The molecular formula is C21H22N4O3. The Kier molecular flexibility index (Phi) is 5.54. The number of aromatic nitrogens is 2. The first kappa shape index (κ1) is 19.3. The minimum Gasteiger partial charge on any atom is -0.366 e. The van der Waals surface area contributed by atoms with Gasteiger partial charge >= 0.3 is 0 Å². The lowest BCUT2D eigenvalue weighted by atomic mass is 10.1. The second-order valence-corrected chi connectivity index (χ2v) is 7.02. The summed E-state index contributed by atoms with van der Waals surface area (Å²) in [5, 5.41) is 8.09. The lowest BCUT2D eigenvalue weighted by Crippen LogP contribution is -2.31. The number of nitrogens with one attached hydrogen (secondary N) is 1. The number of primary amides is 1. The van der Waals surface area contributed by atoms with E-state index in [4.69, 9.17) is 5.73 Å². The van der Waals surface area contributed by atoms with Gasteiger partial charge in [0.1, 0.15) is 0 Å². The van der Waals surface area contributed by atoms with Crippen molar-refractivity contribution in [3.05, 3.63) is 75.7 Å². The van der Waals surface area contributed by atoms with Crippen LogP contribution in [-0.2, 0) is 13.1 Å². The number of carbonyl (C=O) groups is 2. The minimum atomic E-state index is -0.526. The Bertz CT molecular complexity index is 1100. The summed E-state index contributed by atoms with van der Waals surface area (Å²) in [6.45, 7) is 4.59. The van der Waals surface area contributed by atoms with E-state index in [9.17, 15) is 14.4 Å². The predicted octanol–water partition coefficient (Wildman–Crippen LogP) is 2.08. The van der Waals surface area contributed by atoms with Crippen LogP contribution in [0.15, 0.2) is 53.3 Å². The number of rotatable bonds is 6. The summed E-state index contributed by atoms with van der Waals surface area (Å²) < 4.78 is 1.34. The molecule has 0 aliphatic heterocycles. The summed E-state index contributed by atoms with van der Waals surface area (Å²) in [7, 11) is 0. The average molecular weight is 378 g/mol. The van der Waals surface area contributed by atoms with Gasteiger partial charge < -0.3 is 11.1 Å². The van der Waals surface area contributed by atoms with E-state index >= 15 is 0 Å². The Labute approximate surface area is 162 Å². The molecule has 2 aromatic carbocycles. The largest absolute Gasteiger partial charge is 0.366 e. The van der Waals surface area contributed by atoms with E-state index in [2.05, 4.69) is 10.4 Å². The van der Waals surface area contributed by atoms with Gasteiger partial charge in [-0.2, -0.15) is 5.10 Å². The predicted molar refractivity (Wildman–Crippen MR) is 107 cm³/mol. The molecule has 0 saturated heterocycles. The van der Waals surface area contributed by atoms with Crippen LogP contribution < -0.4 is 16.6 Å².